The lowest BCUT2D eigenvalue weighted by atomic mass is 10.4. The molecule has 6 N–H and O–H groups in total. The van der Waals surface area contributed by atoms with Gasteiger partial charge in [0.1, 0.15) is 19.3 Å². The summed E-state index contributed by atoms with van der Waals surface area (Å²) >= 11 is 0. The molecule has 192 valence electrons. The summed E-state index contributed by atoms with van der Waals surface area (Å²) in [4.78, 5) is 28.9. The number of alkyl carbamates (subject to hydrolysis) is 1. The number of aliphatic hydroxyl groups is 3. The number of hydrogen-bond acceptors (Lipinski definition) is 11. The van der Waals surface area contributed by atoms with Crippen molar-refractivity contribution in [2.75, 3.05) is 39.5 Å². The number of aromatic nitrogens is 4. The van der Waals surface area contributed by atoms with Crippen LogP contribution in [-0.2, 0) is 27.3 Å². The highest BCUT2D eigenvalue weighted by Gasteiger charge is 2.23. The van der Waals surface area contributed by atoms with Gasteiger partial charge in [-0.1, -0.05) is 0 Å². The molecule has 2 unspecified atom stereocenters. The summed E-state index contributed by atoms with van der Waals surface area (Å²) in [7, 11) is 0. The van der Waals surface area contributed by atoms with Crippen molar-refractivity contribution in [1.29, 1.82) is 0 Å². The Bertz CT molecular complexity index is 759. The molecule has 34 heavy (non-hydrogen) atoms. The first-order valence-electron chi connectivity index (χ1n) is 10.7. The Morgan fingerprint density at radius 1 is 1.21 bits per heavy atom. The minimum absolute atomic E-state index is 0.161. The Morgan fingerprint density at radius 2 is 1.85 bits per heavy atom. The number of rotatable bonds is 11. The minimum atomic E-state index is -1.02. The van der Waals surface area contributed by atoms with Gasteiger partial charge in [-0.2, -0.15) is 0 Å². The predicted octanol–water partition coefficient (Wildman–Crippen LogP) is -0.901. The maximum atomic E-state index is 11.1. The molecule has 1 amide bonds. The largest absolute Gasteiger partial charge is 0.508 e. The van der Waals surface area contributed by atoms with E-state index in [9.17, 15) is 9.59 Å². The molecule has 0 aliphatic carbocycles. The van der Waals surface area contributed by atoms with E-state index in [2.05, 4.69) is 29.5 Å². The molecule has 0 bridgehead atoms. The third kappa shape index (κ3) is 14.1. The van der Waals surface area contributed by atoms with Gasteiger partial charge >= 0.3 is 12.2 Å². The minimum Gasteiger partial charge on any atom is -0.447 e. The van der Waals surface area contributed by atoms with Gasteiger partial charge in [-0.15, -0.1) is 0 Å². The second kappa shape index (κ2) is 18.3. The summed E-state index contributed by atoms with van der Waals surface area (Å²) in [6, 6.07) is 0. The third-order valence-corrected chi connectivity index (χ3v) is 4.07. The molecule has 2 aromatic heterocycles. The van der Waals surface area contributed by atoms with Gasteiger partial charge in [0, 0.05) is 44.4 Å². The smallest absolute Gasteiger partial charge is 0.447 e. The number of carbonyl (C=O) groups is 2. The predicted molar refractivity (Wildman–Crippen MR) is 118 cm³/mol. The summed E-state index contributed by atoms with van der Waals surface area (Å²) in [5.74, 6) is 0. The zero-order chi connectivity index (χ0) is 25.0. The van der Waals surface area contributed by atoms with Gasteiger partial charge in [-0.3, -0.25) is 0 Å². The number of nitrogens with zero attached hydrogens (tertiary/aromatic N) is 4. The van der Waals surface area contributed by atoms with Crippen molar-refractivity contribution in [3.8, 4) is 0 Å². The van der Waals surface area contributed by atoms with Gasteiger partial charge in [0.2, 0.25) is 0 Å². The van der Waals surface area contributed by atoms with Crippen LogP contribution in [0.5, 0.6) is 0 Å². The molecule has 1 saturated heterocycles. The van der Waals surface area contributed by atoms with Crippen LogP contribution >= 0.6 is 0 Å². The molecule has 1 fully saturated rings. The van der Waals surface area contributed by atoms with Crippen LogP contribution in [0.3, 0.4) is 0 Å². The first-order chi connectivity index (χ1) is 16.5. The number of aryl methyl sites for hydroxylation is 2. The van der Waals surface area contributed by atoms with Crippen molar-refractivity contribution < 1.29 is 39.1 Å². The molecular weight excluding hydrogens is 452 g/mol. The number of nitrogens with two attached hydrogens (primary N) is 1. The van der Waals surface area contributed by atoms with E-state index in [0.29, 0.717) is 6.54 Å². The number of cyclic esters (lactones) is 2. The van der Waals surface area contributed by atoms with Crippen LogP contribution in [0.25, 0.3) is 0 Å². The molecule has 0 spiro atoms. The monoisotopic (exact) mass is 486 g/mol. The standard InChI is InChI=1S/C10H17N3O4.C6H11N3.C4H6O4/c14-6-9(15)7-17-10(16)12-2-1-4-13-5-3-11-8-13;7-2-1-4-9-5-3-8-6-9;5-1-3-2-7-4(6)8-3/h3,5,8-9,14-15H,1-2,4,6-7H2,(H,12,16);3,5-6H,1-2,4,7H2;3,5H,1-2H2. The van der Waals surface area contributed by atoms with Crippen LogP contribution in [0.15, 0.2) is 37.4 Å². The van der Waals surface area contributed by atoms with Crippen LogP contribution < -0.4 is 11.1 Å². The summed E-state index contributed by atoms with van der Waals surface area (Å²) in [6.07, 6.45) is 9.79. The Labute approximate surface area is 197 Å². The summed E-state index contributed by atoms with van der Waals surface area (Å²) in [5, 5.41) is 28.3. The van der Waals surface area contributed by atoms with Crippen LogP contribution in [0.1, 0.15) is 12.8 Å². The molecule has 14 nitrogen and oxygen atoms in total. The van der Waals surface area contributed by atoms with Crippen molar-refractivity contribution in [3.63, 3.8) is 0 Å². The highest BCUT2D eigenvalue weighted by Crippen LogP contribution is 2.03. The molecule has 3 rings (SSSR count). The quantitative estimate of drug-likeness (QED) is 0.195. The summed E-state index contributed by atoms with van der Waals surface area (Å²) < 4.78 is 17.3. The fourth-order valence-corrected chi connectivity index (χ4v) is 2.29. The van der Waals surface area contributed by atoms with E-state index in [1.54, 1.807) is 25.0 Å². The molecule has 14 heteroatoms. The zero-order valence-electron chi connectivity index (χ0n) is 18.9. The number of hydrogen-bond donors (Lipinski definition) is 5. The second-order valence-electron chi connectivity index (χ2n) is 6.94. The molecule has 3 heterocycles. The molecule has 0 radical (unpaired) electrons. The first kappa shape index (κ1) is 28.8. The molecule has 2 atom stereocenters. The maximum absolute atomic E-state index is 11.1. The number of carbonyl (C=O) groups excluding carboxylic acids is 2. The lowest BCUT2D eigenvalue weighted by Crippen LogP contribution is -2.30. The van der Waals surface area contributed by atoms with E-state index in [0.717, 1.165) is 32.5 Å². The van der Waals surface area contributed by atoms with E-state index in [4.69, 9.17) is 21.1 Å². The molecule has 2 aromatic rings. The highest BCUT2D eigenvalue weighted by molar-refractivity contribution is 5.67. The normalized spacial score (nSPS) is 15.1. The van der Waals surface area contributed by atoms with Crippen LogP contribution in [0.2, 0.25) is 0 Å². The van der Waals surface area contributed by atoms with E-state index < -0.39 is 31.1 Å². The molecular formula is C20H34N6O8. The lowest BCUT2D eigenvalue weighted by Gasteiger charge is -2.09. The van der Waals surface area contributed by atoms with E-state index in [1.165, 1.54) is 0 Å². The van der Waals surface area contributed by atoms with E-state index >= 15 is 0 Å². The Morgan fingerprint density at radius 3 is 2.29 bits per heavy atom. The lowest BCUT2D eigenvalue weighted by molar-refractivity contribution is 0.0321. The van der Waals surface area contributed by atoms with Gasteiger partial charge in [0.15, 0.2) is 6.10 Å². The fraction of sp³-hybridized carbons (Fsp3) is 0.600. The van der Waals surface area contributed by atoms with Crippen molar-refractivity contribution in [2.24, 2.45) is 5.73 Å². The highest BCUT2D eigenvalue weighted by atomic mass is 16.8. The van der Waals surface area contributed by atoms with Crippen molar-refractivity contribution in [3.05, 3.63) is 37.4 Å². The van der Waals surface area contributed by atoms with Crippen molar-refractivity contribution in [1.82, 2.24) is 24.4 Å². The molecule has 1 aliphatic heterocycles. The molecule has 1 aliphatic rings. The van der Waals surface area contributed by atoms with Gasteiger partial charge < -0.3 is 49.7 Å². The first-order valence-corrected chi connectivity index (χ1v) is 10.7. The molecule has 0 aromatic carbocycles. The molecule has 0 saturated carbocycles. The average molecular weight is 487 g/mol. The number of aliphatic hydroxyl groups excluding tert-OH is 3. The van der Waals surface area contributed by atoms with Gasteiger partial charge in [-0.25, -0.2) is 19.6 Å². The Balaban J connectivity index is 0.000000284. The van der Waals surface area contributed by atoms with Gasteiger partial charge in [-0.05, 0) is 19.4 Å². The SMILES string of the molecule is NCCCn1ccnc1.O=C(NCCCn1ccnc1)OCC(O)CO.O=C1OCC(CO)O1. The average Bonchev–Trinajstić information content (AvgIpc) is 3.63. The topological polar surface area (TPSA) is 196 Å². The van der Waals surface area contributed by atoms with Crippen LogP contribution in [0.4, 0.5) is 9.59 Å². The number of nitrogens with one attached hydrogen (secondary N) is 1. The fourth-order valence-electron chi connectivity index (χ4n) is 2.29. The van der Waals surface area contributed by atoms with Crippen molar-refractivity contribution in [2.45, 2.75) is 38.1 Å². The van der Waals surface area contributed by atoms with Crippen LogP contribution in [0, 0.1) is 0 Å². The number of amides is 1. The van der Waals surface area contributed by atoms with Crippen LogP contribution in [-0.4, -0.2) is 98.4 Å². The van der Waals surface area contributed by atoms with Gasteiger partial charge in [0.25, 0.3) is 0 Å². The summed E-state index contributed by atoms with van der Waals surface area (Å²) in [6.45, 7) is 2.36. The summed E-state index contributed by atoms with van der Waals surface area (Å²) in [5.41, 5.74) is 5.31. The van der Waals surface area contributed by atoms with E-state index in [-0.39, 0.29) is 19.8 Å². The van der Waals surface area contributed by atoms with E-state index in [1.807, 2.05) is 21.5 Å². The Hall–Kier alpha value is -3.20. The zero-order valence-corrected chi connectivity index (χ0v) is 18.9. The second-order valence-corrected chi connectivity index (χ2v) is 6.94. The number of ether oxygens (including phenoxy) is 3. The third-order valence-electron chi connectivity index (χ3n) is 4.07. The number of imidazole rings is 2. The Kier molecular flexibility index (Phi) is 15.5. The maximum Gasteiger partial charge on any atom is 0.508 e. The van der Waals surface area contributed by atoms with Crippen molar-refractivity contribution >= 4 is 12.2 Å². The van der Waals surface area contributed by atoms with Gasteiger partial charge in [0.05, 0.1) is 25.9 Å².